The Bertz CT molecular complexity index is 531. The monoisotopic (exact) mass is 268 g/mol. The molecule has 1 aliphatic heterocycles. The molecule has 2 rings (SSSR count). The van der Waals surface area contributed by atoms with Crippen LogP contribution in [0.5, 0.6) is 0 Å². The third kappa shape index (κ3) is 2.57. The number of amides is 2. The normalized spacial score (nSPS) is 19.8. The van der Waals surface area contributed by atoms with Crippen molar-refractivity contribution in [1.82, 2.24) is 5.32 Å². The number of piperazine rings is 1. The van der Waals surface area contributed by atoms with Crippen LogP contribution in [0.3, 0.4) is 0 Å². The topological polar surface area (TPSA) is 49.4 Å². The maximum Gasteiger partial charge on any atom is 0.250 e. The molecular formula is C13H14F2N2O2. The molecule has 19 heavy (non-hydrogen) atoms. The van der Waals surface area contributed by atoms with Crippen molar-refractivity contribution in [1.29, 1.82) is 0 Å². The van der Waals surface area contributed by atoms with Crippen molar-refractivity contribution in [2.24, 2.45) is 5.92 Å². The number of anilines is 1. The van der Waals surface area contributed by atoms with Gasteiger partial charge in [0.05, 0.1) is 0 Å². The second kappa shape index (κ2) is 4.95. The number of hydrogen-bond acceptors (Lipinski definition) is 2. The Morgan fingerprint density at radius 2 is 1.95 bits per heavy atom. The van der Waals surface area contributed by atoms with Gasteiger partial charge in [0.2, 0.25) is 11.8 Å². The second-order valence-electron chi connectivity index (χ2n) is 4.81. The number of rotatable bonds is 2. The van der Waals surface area contributed by atoms with Gasteiger partial charge in [0, 0.05) is 11.8 Å². The van der Waals surface area contributed by atoms with Gasteiger partial charge in [0.15, 0.2) is 11.6 Å². The van der Waals surface area contributed by atoms with E-state index in [1.165, 1.54) is 11.0 Å². The molecule has 1 unspecified atom stereocenters. The highest BCUT2D eigenvalue weighted by atomic mass is 19.2. The predicted octanol–water partition coefficient (Wildman–Crippen LogP) is 1.45. The molecule has 1 aromatic carbocycles. The van der Waals surface area contributed by atoms with Crippen LogP contribution in [0.1, 0.15) is 13.8 Å². The molecule has 4 nitrogen and oxygen atoms in total. The fraction of sp³-hybridized carbons (Fsp3) is 0.385. The summed E-state index contributed by atoms with van der Waals surface area (Å²) in [5.41, 5.74) is 0.185. The van der Waals surface area contributed by atoms with E-state index in [4.69, 9.17) is 0 Å². The van der Waals surface area contributed by atoms with Crippen LogP contribution in [0.4, 0.5) is 14.5 Å². The van der Waals surface area contributed by atoms with E-state index in [2.05, 4.69) is 5.32 Å². The molecule has 1 aromatic rings. The molecule has 0 spiro atoms. The van der Waals surface area contributed by atoms with Crippen molar-refractivity contribution < 1.29 is 18.4 Å². The summed E-state index contributed by atoms with van der Waals surface area (Å²) in [7, 11) is 0. The van der Waals surface area contributed by atoms with Gasteiger partial charge in [0.25, 0.3) is 0 Å². The summed E-state index contributed by atoms with van der Waals surface area (Å²) in [5.74, 6) is -2.75. The van der Waals surface area contributed by atoms with Crippen LogP contribution >= 0.6 is 0 Å². The van der Waals surface area contributed by atoms with Crippen LogP contribution in [0.2, 0.25) is 0 Å². The number of hydrogen-bond donors (Lipinski definition) is 1. The second-order valence-corrected chi connectivity index (χ2v) is 4.81. The molecule has 1 saturated heterocycles. The highest BCUT2D eigenvalue weighted by molar-refractivity contribution is 6.06. The maximum absolute atomic E-state index is 13.2. The zero-order chi connectivity index (χ0) is 14.2. The fourth-order valence-corrected chi connectivity index (χ4v) is 1.99. The Labute approximate surface area is 109 Å². The van der Waals surface area contributed by atoms with Gasteiger partial charge in [-0.25, -0.2) is 8.78 Å². The van der Waals surface area contributed by atoms with E-state index in [0.29, 0.717) is 0 Å². The molecule has 0 saturated carbocycles. The smallest absolute Gasteiger partial charge is 0.250 e. The molecule has 0 aliphatic carbocycles. The summed E-state index contributed by atoms with van der Waals surface area (Å²) < 4.78 is 26.1. The standard InChI is InChI=1S/C13H14F2N2O2/c1-7(2)12-13(19)17(6-11(18)16-12)8-3-4-9(14)10(15)5-8/h3-5,7,12H,6H2,1-2H3,(H,16,18). The van der Waals surface area contributed by atoms with E-state index in [0.717, 1.165) is 12.1 Å². The van der Waals surface area contributed by atoms with E-state index in [9.17, 15) is 18.4 Å². The molecule has 0 radical (unpaired) electrons. The van der Waals surface area contributed by atoms with Gasteiger partial charge in [-0.2, -0.15) is 0 Å². The van der Waals surface area contributed by atoms with E-state index < -0.39 is 17.7 Å². The van der Waals surface area contributed by atoms with Crippen LogP contribution in [0.15, 0.2) is 18.2 Å². The molecule has 2 amide bonds. The van der Waals surface area contributed by atoms with Gasteiger partial charge in [-0.05, 0) is 18.1 Å². The highest BCUT2D eigenvalue weighted by Gasteiger charge is 2.35. The Kier molecular flexibility index (Phi) is 3.50. The molecule has 1 heterocycles. The summed E-state index contributed by atoms with van der Waals surface area (Å²) in [4.78, 5) is 25.0. The van der Waals surface area contributed by atoms with Crippen molar-refractivity contribution in [3.63, 3.8) is 0 Å². The lowest BCUT2D eigenvalue weighted by molar-refractivity contribution is -0.132. The van der Waals surface area contributed by atoms with Crippen molar-refractivity contribution in [2.75, 3.05) is 11.4 Å². The maximum atomic E-state index is 13.2. The Balaban J connectivity index is 2.34. The predicted molar refractivity (Wildman–Crippen MR) is 65.5 cm³/mol. The van der Waals surface area contributed by atoms with E-state index in [1.807, 2.05) is 0 Å². The van der Waals surface area contributed by atoms with Gasteiger partial charge in [-0.3, -0.25) is 9.59 Å². The summed E-state index contributed by atoms with van der Waals surface area (Å²) in [6, 6.07) is 2.50. The zero-order valence-corrected chi connectivity index (χ0v) is 10.6. The minimum atomic E-state index is -1.04. The Hall–Kier alpha value is -1.98. The fourth-order valence-electron chi connectivity index (χ4n) is 1.99. The number of nitrogens with one attached hydrogen (secondary N) is 1. The third-order valence-electron chi connectivity index (χ3n) is 3.03. The number of benzene rings is 1. The Morgan fingerprint density at radius 1 is 1.26 bits per heavy atom. The molecule has 0 bridgehead atoms. The first-order valence-electron chi connectivity index (χ1n) is 5.96. The molecular weight excluding hydrogens is 254 g/mol. The first kappa shape index (κ1) is 13.5. The van der Waals surface area contributed by atoms with E-state index in [1.54, 1.807) is 13.8 Å². The molecule has 1 atom stereocenters. The minimum absolute atomic E-state index is 0.0791. The van der Waals surface area contributed by atoms with Gasteiger partial charge in [0.1, 0.15) is 12.6 Å². The first-order chi connectivity index (χ1) is 8.90. The number of carbonyl (C=O) groups excluding carboxylic acids is 2. The van der Waals surface area contributed by atoms with Gasteiger partial charge in [-0.15, -0.1) is 0 Å². The summed E-state index contributed by atoms with van der Waals surface area (Å²) in [5, 5.41) is 2.59. The van der Waals surface area contributed by atoms with Crippen molar-refractivity contribution in [3.8, 4) is 0 Å². The average Bonchev–Trinajstić information content (AvgIpc) is 2.35. The van der Waals surface area contributed by atoms with Crippen LogP contribution in [0.25, 0.3) is 0 Å². The molecule has 1 aliphatic rings. The largest absolute Gasteiger partial charge is 0.342 e. The minimum Gasteiger partial charge on any atom is -0.342 e. The van der Waals surface area contributed by atoms with E-state index >= 15 is 0 Å². The van der Waals surface area contributed by atoms with Crippen molar-refractivity contribution in [2.45, 2.75) is 19.9 Å². The third-order valence-corrected chi connectivity index (χ3v) is 3.03. The lowest BCUT2D eigenvalue weighted by Crippen LogP contribution is -2.60. The van der Waals surface area contributed by atoms with Crippen LogP contribution < -0.4 is 10.2 Å². The first-order valence-corrected chi connectivity index (χ1v) is 5.96. The molecule has 1 N–H and O–H groups in total. The lowest BCUT2D eigenvalue weighted by atomic mass is 10.0. The van der Waals surface area contributed by atoms with Gasteiger partial charge >= 0.3 is 0 Å². The van der Waals surface area contributed by atoms with Gasteiger partial charge in [-0.1, -0.05) is 13.8 Å². The van der Waals surface area contributed by atoms with E-state index in [-0.39, 0.29) is 30.0 Å². The quantitative estimate of drug-likeness (QED) is 0.882. The van der Waals surface area contributed by atoms with Crippen LogP contribution in [0, 0.1) is 17.6 Å². The van der Waals surface area contributed by atoms with Crippen LogP contribution in [-0.4, -0.2) is 24.4 Å². The van der Waals surface area contributed by atoms with Crippen LogP contribution in [-0.2, 0) is 9.59 Å². The molecule has 102 valence electrons. The highest BCUT2D eigenvalue weighted by Crippen LogP contribution is 2.22. The summed E-state index contributed by atoms with van der Waals surface area (Å²) in [6.07, 6.45) is 0. The van der Waals surface area contributed by atoms with Crippen molar-refractivity contribution in [3.05, 3.63) is 29.8 Å². The zero-order valence-electron chi connectivity index (χ0n) is 10.6. The molecule has 1 fully saturated rings. The number of nitrogens with zero attached hydrogens (tertiary/aromatic N) is 1. The number of carbonyl (C=O) groups is 2. The SMILES string of the molecule is CC(C)C1NC(=O)CN(c2ccc(F)c(F)c2)C1=O. The molecule has 6 heteroatoms. The number of halogens is 2. The summed E-state index contributed by atoms with van der Waals surface area (Å²) >= 11 is 0. The molecule has 0 aromatic heterocycles. The van der Waals surface area contributed by atoms with Crippen molar-refractivity contribution >= 4 is 17.5 Å². The Morgan fingerprint density at radius 3 is 2.53 bits per heavy atom. The summed E-state index contributed by atoms with van der Waals surface area (Å²) in [6.45, 7) is 3.42. The lowest BCUT2D eigenvalue weighted by Gasteiger charge is -2.34. The van der Waals surface area contributed by atoms with Gasteiger partial charge < -0.3 is 10.2 Å². The average molecular weight is 268 g/mol.